The molecular formula is C23H28ClF4N5O2. The summed E-state index contributed by atoms with van der Waals surface area (Å²) in [5, 5.41) is 5.71. The number of nitrogens with zero attached hydrogens (tertiary/aromatic N) is 1. The maximum Gasteiger partial charge on any atom is 0.268 e. The monoisotopic (exact) mass is 517 g/mol. The number of anilines is 1. The van der Waals surface area contributed by atoms with Crippen molar-refractivity contribution in [3.63, 3.8) is 0 Å². The minimum Gasteiger partial charge on any atom is -0.381 e. The molecule has 0 bridgehead atoms. The van der Waals surface area contributed by atoms with Crippen LogP contribution in [0.1, 0.15) is 64.1 Å². The molecule has 1 heterocycles. The zero-order valence-electron chi connectivity index (χ0n) is 19.2. The fourth-order valence-electron chi connectivity index (χ4n) is 3.93. The lowest BCUT2D eigenvalue weighted by Gasteiger charge is -2.31. The number of hydrazine groups is 1. The summed E-state index contributed by atoms with van der Waals surface area (Å²) in [4.78, 5) is 27.3. The van der Waals surface area contributed by atoms with Gasteiger partial charge >= 0.3 is 0 Å². The number of rotatable bonds is 7. The molecule has 0 saturated carbocycles. The number of benzene rings is 2. The standard InChI is InChI=1S/C23H27F4N5O2.ClH/c1-12(14-4-3-5-15(20(14)25)21(26)27)29-22(33)17-10-16(23(34)31-28)18(24)11-19(17)30-13-6-8-32(2)9-7-13;/h3-5,10-13,21,30H,6-9,28H2,1-2H3,(H,29,33)(H,31,34);1H/t12-;/m1./s1. The number of hydrogen-bond acceptors (Lipinski definition) is 5. The van der Waals surface area contributed by atoms with Crippen LogP contribution in [0.4, 0.5) is 23.2 Å². The second kappa shape index (κ2) is 12.2. The van der Waals surface area contributed by atoms with E-state index in [0.717, 1.165) is 44.1 Å². The summed E-state index contributed by atoms with van der Waals surface area (Å²) in [6.45, 7) is 3.06. The lowest BCUT2D eigenvalue weighted by molar-refractivity contribution is 0.0940. The average molecular weight is 518 g/mol. The molecule has 3 rings (SSSR count). The van der Waals surface area contributed by atoms with Crippen molar-refractivity contribution in [2.75, 3.05) is 25.5 Å². The van der Waals surface area contributed by atoms with Gasteiger partial charge in [0.2, 0.25) is 0 Å². The molecule has 0 radical (unpaired) electrons. The molecule has 1 aliphatic rings. The maximum atomic E-state index is 14.6. The van der Waals surface area contributed by atoms with Crippen molar-refractivity contribution in [3.8, 4) is 0 Å². The number of carbonyl (C=O) groups is 2. The van der Waals surface area contributed by atoms with E-state index in [2.05, 4.69) is 15.5 Å². The molecule has 1 atom stereocenters. The summed E-state index contributed by atoms with van der Waals surface area (Å²) in [7, 11) is 1.98. The summed E-state index contributed by atoms with van der Waals surface area (Å²) in [6, 6.07) is 4.62. The molecule has 12 heteroatoms. The molecule has 0 aliphatic carbocycles. The second-order valence-electron chi connectivity index (χ2n) is 8.32. The predicted molar refractivity (Wildman–Crippen MR) is 127 cm³/mol. The number of likely N-dealkylation sites (tertiary alicyclic amines) is 1. The molecule has 1 saturated heterocycles. The molecule has 35 heavy (non-hydrogen) atoms. The highest BCUT2D eigenvalue weighted by Gasteiger charge is 2.25. The molecule has 2 aromatic rings. The minimum absolute atomic E-state index is 0. The number of alkyl halides is 2. The first kappa shape index (κ1) is 28.3. The van der Waals surface area contributed by atoms with Gasteiger partial charge in [-0.25, -0.2) is 23.4 Å². The molecule has 2 aromatic carbocycles. The van der Waals surface area contributed by atoms with Crippen LogP contribution in [0.3, 0.4) is 0 Å². The van der Waals surface area contributed by atoms with Crippen molar-refractivity contribution >= 4 is 29.9 Å². The number of nitrogen functional groups attached to an aromatic ring is 1. The number of amides is 2. The highest BCUT2D eigenvalue weighted by atomic mass is 35.5. The van der Waals surface area contributed by atoms with Crippen LogP contribution in [-0.4, -0.2) is 42.9 Å². The number of carbonyl (C=O) groups excluding carboxylic acids is 2. The van der Waals surface area contributed by atoms with Crippen LogP contribution < -0.4 is 21.9 Å². The van der Waals surface area contributed by atoms with Crippen molar-refractivity contribution < 1.29 is 27.2 Å². The van der Waals surface area contributed by atoms with E-state index in [-0.39, 0.29) is 35.3 Å². The fourth-order valence-corrected chi connectivity index (χ4v) is 3.93. The fraction of sp³-hybridized carbons (Fsp3) is 0.391. The van der Waals surface area contributed by atoms with Crippen LogP contribution in [0, 0.1) is 11.6 Å². The van der Waals surface area contributed by atoms with Gasteiger partial charge in [-0.1, -0.05) is 18.2 Å². The first-order valence-electron chi connectivity index (χ1n) is 10.8. The van der Waals surface area contributed by atoms with Gasteiger partial charge in [0.05, 0.1) is 28.4 Å². The average Bonchev–Trinajstić information content (AvgIpc) is 2.80. The van der Waals surface area contributed by atoms with E-state index in [9.17, 15) is 27.2 Å². The smallest absolute Gasteiger partial charge is 0.268 e. The molecule has 7 nitrogen and oxygen atoms in total. The van der Waals surface area contributed by atoms with Crippen LogP contribution in [0.2, 0.25) is 0 Å². The summed E-state index contributed by atoms with van der Waals surface area (Å²) >= 11 is 0. The first-order valence-corrected chi connectivity index (χ1v) is 10.8. The van der Waals surface area contributed by atoms with E-state index < -0.39 is 47.0 Å². The number of hydrogen-bond donors (Lipinski definition) is 4. The number of halogens is 5. The van der Waals surface area contributed by atoms with Crippen molar-refractivity contribution in [1.29, 1.82) is 0 Å². The van der Waals surface area contributed by atoms with Gasteiger partial charge in [-0.2, -0.15) is 0 Å². The van der Waals surface area contributed by atoms with Gasteiger partial charge < -0.3 is 15.5 Å². The molecule has 1 aliphatic heterocycles. The Kier molecular flexibility index (Phi) is 9.87. The SMILES string of the molecule is C[C@@H](NC(=O)c1cc(C(=O)NN)c(F)cc1NC1CCN(C)CC1)c1cccc(C(F)F)c1F.Cl. The summed E-state index contributed by atoms with van der Waals surface area (Å²) in [6.07, 6.45) is -1.50. The molecule has 5 N–H and O–H groups in total. The van der Waals surface area contributed by atoms with Crippen molar-refractivity contribution in [3.05, 3.63) is 64.2 Å². The van der Waals surface area contributed by atoms with Gasteiger partial charge in [0.25, 0.3) is 18.2 Å². The Bertz CT molecular complexity index is 1060. The van der Waals surface area contributed by atoms with E-state index in [4.69, 9.17) is 5.84 Å². The topological polar surface area (TPSA) is 99.5 Å². The molecule has 0 aromatic heterocycles. The normalized spacial score (nSPS) is 15.3. The van der Waals surface area contributed by atoms with Gasteiger partial charge in [0.15, 0.2) is 0 Å². The summed E-state index contributed by atoms with van der Waals surface area (Å²) in [5.74, 6) is 1.46. The largest absolute Gasteiger partial charge is 0.381 e. The van der Waals surface area contributed by atoms with Gasteiger partial charge in [-0.3, -0.25) is 15.0 Å². The third-order valence-electron chi connectivity index (χ3n) is 5.91. The Morgan fingerprint density at radius 3 is 2.29 bits per heavy atom. The lowest BCUT2D eigenvalue weighted by Crippen LogP contribution is -2.37. The van der Waals surface area contributed by atoms with E-state index >= 15 is 0 Å². The van der Waals surface area contributed by atoms with Crippen LogP contribution in [0.25, 0.3) is 0 Å². The van der Waals surface area contributed by atoms with Crippen molar-refractivity contribution in [2.45, 2.75) is 38.3 Å². The zero-order chi connectivity index (χ0) is 25.0. The molecule has 0 spiro atoms. The van der Waals surface area contributed by atoms with Crippen molar-refractivity contribution in [1.82, 2.24) is 15.6 Å². The number of nitrogens with one attached hydrogen (secondary N) is 3. The number of piperidine rings is 1. The molecular weight excluding hydrogens is 490 g/mol. The third kappa shape index (κ3) is 6.62. The minimum atomic E-state index is -3.01. The Balaban J connectivity index is 0.00000432. The van der Waals surface area contributed by atoms with E-state index in [0.29, 0.717) is 0 Å². The molecule has 2 amide bonds. The first-order chi connectivity index (χ1) is 16.1. The van der Waals surface area contributed by atoms with E-state index in [1.165, 1.54) is 19.1 Å². The number of nitrogens with two attached hydrogens (primary N) is 1. The van der Waals surface area contributed by atoms with Crippen LogP contribution in [0.5, 0.6) is 0 Å². The Morgan fingerprint density at radius 2 is 1.69 bits per heavy atom. The van der Waals surface area contributed by atoms with Crippen LogP contribution >= 0.6 is 12.4 Å². The summed E-state index contributed by atoms with van der Waals surface area (Å²) < 4.78 is 55.3. The molecule has 192 valence electrons. The Morgan fingerprint density at radius 1 is 1.06 bits per heavy atom. The van der Waals surface area contributed by atoms with E-state index in [1.54, 1.807) is 0 Å². The lowest BCUT2D eigenvalue weighted by atomic mass is 10.0. The summed E-state index contributed by atoms with van der Waals surface area (Å²) in [5.41, 5.74) is 0.585. The highest BCUT2D eigenvalue weighted by Crippen LogP contribution is 2.29. The van der Waals surface area contributed by atoms with Crippen LogP contribution in [-0.2, 0) is 0 Å². The second-order valence-corrected chi connectivity index (χ2v) is 8.32. The van der Waals surface area contributed by atoms with Gasteiger partial charge in [-0.15, -0.1) is 12.4 Å². The molecule has 0 unspecified atom stereocenters. The van der Waals surface area contributed by atoms with Gasteiger partial charge in [0.1, 0.15) is 11.6 Å². The Hall–Kier alpha value is -2.89. The quantitative estimate of drug-likeness (QED) is 0.193. The maximum absolute atomic E-state index is 14.6. The zero-order valence-corrected chi connectivity index (χ0v) is 20.0. The molecule has 1 fully saturated rings. The van der Waals surface area contributed by atoms with Gasteiger partial charge in [-0.05, 0) is 52.0 Å². The third-order valence-corrected chi connectivity index (χ3v) is 5.91. The van der Waals surface area contributed by atoms with Gasteiger partial charge in [0, 0.05) is 11.6 Å². The van der Waals surface area contributed by atoms with Crippen molar-refractivity contribution in [2.24, 2.45) is 5.84 Å². The van der Waals surface area contributed by atoms with E-state index in [1.807, 2.05) is 12.5 Å². The predicted octanol–water partition coefficient (Wildman–Crippen LogP) is 3.92. The highest BCUT2D eigenvalue weighted by molar-refractivity contribution is 6.03. The Labute approximate surface area is 206 Å². The van der Waals surface area contributed by atoms with Crippen LogP contribution in [0.15, 0.2) is 30.3 Å².